The summed E-state index contributed by atoms with van der Waals surface area (Å²) in [6, 6.07) is -1.93. The van der Waals surface area contributed by atoms with Crippen molar-refractivity contribution in [3.63, 3.8) is 0 Å². The molecular formula is C16H24N6O4. The molecular weight excluding hydrogens is 340 g/mol. The molecule has 3 rings (SSSR count). The minimum absolute atomic E-state index is 0.174. The summed E-state index contributed by atoms with van der Waals surface area (Å²) >= 11 is 0. The summed E-state index contributed by atoms with van der Waals surface area (Å²) in [5.41, 5.74) is 6.29. The molecule has 142 valence electrons. The highest BCUT2D eigenvalue weighted by Gasteiger charge is 2.38. The molecule has 0 bridgehead atoms. The third-order valence-electron chi connectivity index (χ3n) is 4.88. The summed E-state index contributed by atoms with van der Waals surface area (Å²) in [5.74, 6) is -0.866. The summed E-state index contributed by atoms with van der Waals surface area (Å²) in [6.07, 6.45) is 4.25. The molecule has 1 aromatic rings. The molecule has 2 aliphatic heterocycles. The number of H-pyrrole nitrogens is 1. The van der Waals surface area contributed by atoms with E-state index in [4.69, 9.17) is 5.73 Å². The van der Waals surface area contributed by atoms with Crippen LogP contribution < -0.4 is 16.4 Å². The summed E-state index contributed by atoms with van der Waals surface area (Å²) in [7, 11) is 0. The fourth-order valence-corrected chi connectivity index (χ4v) is 3.52. The normalized spacial score (nSPS) is 25.0. The molecule has 6 N–H and O–H groups in total. The summed E-state index contributed by atoms with van der Waals surface area (Å²) in [4.78, 5) is 45.2. The minimum Gasteiger partial charge on any atom is -0.377 e. The molecule has 10 heteroatoms. The highest BCUT2D eigenvalue weighted by Crippen LogP contribution is 2.20. The van der Waals surface area contributed by atoms with E-state index in [1.54, 1.807) is 6.20 Å². The van der Waals surface area contributed by atoms with Crippen LogP contribution >= 0.6 is 0 Å². The number of likely N-dealkylation sites (tertiary alicyclic amines) is 1. The molecule has 26 heavy (non-hydrogen) atoms. The van der Waals surface area contributed by atoms with Gasteiger partial charge in [0.15, 0.2) is 0 Å². The summed E-state index contributed by atoms with van der Waals surface area (Å²) in [5, 5.41) is 15.1. The quantitative estimate of drug-likeness (QED) is 0.367. The van der Waals surface area contributed by atoms with Gasteiger partial charge in [-0.15, -0.1) is 0 Å². The molecule has 0 spiro atoms. The lowest BCUT2D eigenvalue weighted by Gasteiger charge is -2.31. The number of nitrogens with one attached hydrogen (secondary N) is 3. The average Bonchev–Trinajstić information content (AvgIpc) is 3.34. The zero-order valence-corrected chi connectivity index (χ0v) is 14.4. The van der Waals surface area contributed by atoms with Crippen molar-refractivity contribution in [1.29, 1.82) is 0 Å². The zero-order chi connectivity index (χ0) is 18.7. The molecule has 0 saturated carbocycles. The van der Waals surface area contributed by atoms with E-state index < -0.39 is 30.3 Å². The molecule has 2 fully saturated rings. The van der Waals surface area contributed by atoms with Gasteiger partial charge >= 0.3 is 0 Å². The monoisotopic (exact) mass is 364 g/mol. The Labute approximate surface area is 150 Å². The van der Waals surface area contributed by atoms with Crippen LogP contribution in [0.1, 0.15) is 31.4 Å². The first kappa shape index (κ1) is 18.3. The van der Waals surface area contributed by atoms with E-state index in [2.05, 4.69) is 20.6 Å². The second-order valence-electron chi connectivity index (χ2n) is 6.73. The molecule has 1 aromatic heterocycles. The van der Waals surface area contributed by atoms with Crippen molar-refractivity contribution in [2.24, 2.45) is 5.73 Å². The van der Waals surface area contributed by atoms with Gasteiger partial charge in [0, 0.05) is 31.3 Å². The zero-order valence-electron chi connectivity index (χ0n) is 14.4. The predicted molar refractivity (Wildman–Crippen MR) is 90.3 cm³/mol. The maximum Gasteiger partial charge on any atom is 0.245 e. The largest absolute Gasteiger partial charge is 0.377 e. The molecule has 0 aliphatic carbocycles. The van der Waals surface area contributed by atoms with E-state index in [9.17, 15) is 19.5 Å². The maximum atomic E-state index is 13.0. The third-order valence-corrected chi connectivity index (χ3v) is 4.88. The van der Waals surface area contributed by atoms with E-state index in [1.807, 2.05) is 0 Å². The van der Waals surface area contributed by atoms with Crippen molar-refractivity contribution in [3.8, 4) is 0 Å². The number of carbonyl (C=O) groups excluding carboxylic acids is 3. The lowest BCUT2D eigenvalue weighted by Crippen LogP contribution is -2.56. The Balaban J connectivity index is 1.73. The van der Waals surface area contributed by atoms with Crippen LogP contribution in [-0.4, -0.2) is 68.6 Å². The Morgan fingerprint density at radius 2 is 2.27 bits per heavy atom. The van der Waals surface area contributed by atoms with Crippen LogP contribution in [0.15, 0.2) is 12.5 Å². The number of aliphatic hydroxyl groups excluding tert-OH is 1. The molecule has 4 unspecified atom stereocenters. The van der Waals surface area contributed by atoms with Crippen LogP contribution in [0.25, 0.3) is 0 Å². The topological polar surface area (TPSA) is 153 Å². The van der Waals surface area contributed by atoms with E-state index in [0.29, 0.717) is 31.5 Å². The van der Waals surface area contributed by atoms with Crippen LogP contribution in [0.4, 0.5) is 0 Å². The van der Waals surface area contributed by atoms with Gasteiger partial charge in [-0.1, -0.05) is 0 Å². The number of imidazole rings is 1. The molecule has 0 aromatic carbocycles. The van der Waals surface area contributed by atoms with Crippen molar-refractivity contribution in [2.75, 3.05) is 6.54 Å². The first-order chi connectivity index (χ1) is 12.5. The smallest absolute Gasteiger partial charge is 0.245 e. The van der Waals surface area contributed by atoms with Gasteiger partial charge in [-0.3, -0.25) is 14.4 Å². The molecule has 10 nitrogen and oxygen atoms in total. The van der Waals surface area contributed by atoms with Gasteiger partial charge < -0.3 is 31.4 Å². The van der Waals surface area contributed by atoms with Crippen molar-refractivity contribution in [2.45, 2.75) is 56.5 Å². The highest BCUT2D eigenvalue weighted by molar-refractivity contribution is 5.94. The standard InChI is InChI=1S/C16H24N6O4/c17-14(24)12-2-1-5-22(12)16(26)11(6-9-7-18-8-19-9)21-15(25)10-3-4-13(23)20-10/h7-8,10-12,14,24H,1-6,17H2,(H,18,19)(H,20,23)(H,21,25). The molecule has 2 saturated heterocycles. The van der Waals surface area contributed by atoms with Crippen molar-refractivity contribution in [3.05, 3.63) is 18.2 Å². The van der Waals surface area contributed by atoms with Crippen LogP contribution in [0.2, 0.25) is 0 Å². The molecule has 2 aliphatic rings. The van der Waals surface area contributed by atoms with Gasteiger partial charge in [-0.25, -0.2) is 4.98 Å². The Kier molecular flexibility index (Phi) is 5.52. The van der Waals surface area contributed by atoms with Gasteiger partial charge in [0.2, 0.25) is 17.7 Å². The molecule has 4 atom stereocenters. The van der Waals surface area contributed by atoms with Gasteiger partial charge in [0.05, 0.1) is 12.4 Å². The first-order valence-electron chi connectivity index (χ1n) is 8.77. The minimum atomic E-state index is -1.13. The van der Waals surface area contributed by atoms with Crippen molar-refractivity contribution >= 4 is 17.7 Å². The summed E-state index contributed by atoms with van der Waals surface area (Å²) in [6.45, 7) is 0.479. The second-order valence-corrected chi connectivity index (χ2v) is 6.73. The number of aromatic nitrogens is 2. The maximum absolute atomic E-state index is 13.0. The lowest BCUT2D eigenvalue weighted by molar-refractivity contribution is -0.139. The van der Waals surface area contributed by atoms with E-state index >= 15 is 0 Å². The Hall–Kier alpha value is -2.46. The number of carbonyl (C=O) groups is 3. The van der Waals surface area contributed by atoms with Crippen LogP contribution in [0.3, 0.4) is 0 Å². The highest BCUT2D eigenvalue weighted by atomic mass is 16.3. The average molecular weight is 364 g/mol. The van der Waals surface area contributed by atoms with Gasteiger partial charge in [0.1, 0.15) is 18.3 Å². The van der Waals surface area contributed by atoms with Crippen LogP contribution in [-0.2, 0) is 20.8 Å². The van der Waals surface area contributed by atoms with Gasteiger partial charge in [0.25, 0.3) is 0 Å². The number of nitrogens with two attached hydrogens (primary N) is 1. The SMILES string of the molecule is NC(O)C1CCCN1C(=O)C(Cc1cnc[nH]1)NC(=O)C1CCC(=O)N1. The number of amides is 3. The third kappa shape index (κ3) is 4.02. The Bertz CT molecular complexity index is 662. The summed E-state index contributed by atoms with van der Waals surface area (Å²) < 4.78 is 0. The van der Waals surface area contributed by atoms with E-state index in [0.717, 1.165) is 6.42 Å². The number of aromatic amines is 1. The van der Waals surface area contributed by atoms with Gasteiger partial charge in [-0.05, 0) is 19.3 Å². The predicted octanol–water partition coefficient (Wildman–Crippen LogP) is -2.02. The number of hydrogen-bond acceptors (Lipinski definition) is 6. The second kappa shape index (κ2) is 7.83. The Morgan fingerprint density at radius 1 is 1.46 bits per heavy atom. The van der Waals surface area contributed by atoms with E-state index in [-0.39, 0.29) is 18.2 Å². The molecule has 3 amide bonds. The molecule has 0 radical (unpaired) electrons. The van der Waals surface area contributed by atoms with Crippen molar-refractivity contribution in [1.82, 2.24) is 25.5 Å². The number of rotatable bonds is 6. The fraction of sp³-hybridized carbons (Fsp3) is 0.625. The first-order valence-corrected chi connectivity index (χ1v) is 8.77. The fourth-order valence-electron chi connectivity index (χ4n) is 3.52. The molecule has 3 heterocycles. The number of nitrogens with zero attached hydrogens (tertiary/aromatic N) is 2. The number of hydrogen-bond donors (Lipinski definition) is 5. The number of aliphatic hydroxyl groups is 1. The van der Waals surface area contributed by atoms with E-state index in [1.165, 1.54) is 11.2 Å². The van der Waals surface area contributed by atoms with Gasteiger partial charge in [-0.2, -0.15) is 0 Å². The lowest BCUT2D eigenvalue weighted by atomic mass is 10.1. The van der Waals surface area contributed by atoms with Crippen LogP contribution in [0, 0.1) is 0 Å². The Morgan fingerprint density at radius 3 is 2.88 bits per heavy atom. The van der Waals surface area contributed by atoms with Crippen LogP contribution in [0.5, 0.6) is 0 Å². The van der Waals surface area contributed by atoms with Crippen molar-refractivity contribution < 1.29 is 19.5 Å².